The highest BCUT2D eigenvalue weighted by molar-refractivity contribution is 5.72. The van der Waals surface area contributed by atoms with Gasteiger partial charge in [0.15, 0.2) is 0 Å². The van der Waals surface area contributed by atoms with Crippen LogP contribution in [0, 0.1) is 5.92 Å². The van der Waals surface area contributed by atoms with Gasteiger partial charge in [-0.15, -0.1) is 10.2 Å². The van der Waals surface area contributed by atoms with Crippen molar-refractivity contribution in [3.8, 4) is 0 Å². The largest absolute Gasteiger partial charge is 0.469 e. The van der Waals surface area contributed by atoms with Crippen molar-refractivity contribution in [3.63, 3.8) is 0 Å². The monoisotopic (exact) mass is 267 g/mol. The van der Waals surface area contributed by atoms with Gasteiger partial charge in [0.25, 0.3) is 0 Å². The van der Waals surface area contributed by atoms with Gasteiger partial charge in [-0.25, -0.2) is 0 Å². The summed E-state index contributed by atoms with van der Waals surface area (Å²) in [4.78, 5) is 13.6. The van der Waals surface area contributed by atoms with Gasteiger partial charge in [-0.05, 0) is 19.9 Å². The molecule has 0 amide bonds. The molecule has 1 saturated heterocycles. The predicted molar refractivity (Wildman–Crippen MR) is 68.5 cm³/mol. The summed E-state index contributed by atoms with van der Waals surface area (Å²) in [6.45, 7) is 4.71. The molecule has 2 atom stereocenters. The number of aromatic nitrogens is 2. The molecule has 6 heteroatoms. The number of esters is 1. The first-order valence-corrected chi connectivity index (χ1v) is 6.64. The highest BCUT2D eigenvalue weighted by Gasteiger charge is 2.34. The van der Waals surface area contributed by atoms with Crippen molar-refractivity contribution in [1.29, 1.82) is 0 Å². The van der Waals surface area contributed by atoms with E-state index in [1.807, 2.05) is 20.9 Å². The molecule has 1 aliphatic rings. The standard InChI is InChI=1S/C13H21N3O3/c1-8(2)11-14-15-12(19-11)10-6-5-9(7-16(10)3)13(17)18-4/h8-10H,5-7H2,1-4H3/t9-,10+/m0/s1. The van der Waals surface area contributed by atoms with Crippen molar-refractivity contribution < 1.29 is 13.9 Å². The van der Waals surface area contributed by atoms with Crippen LogP contribution >= 0.6 is 0 Å². The highest BCUT2D eigenvalue weighted by Crippen LogP contribution is 2.32. The molecule has 2 rings (SSSR count). The number of hydrogen-bond donors (Lipinski definition) is 0. The molecular formula is C13H21N3O3. The van der Waals surface area contributed by atoms with Gasteiger partial charge >= 0.3 is 5.97 Å². The number of hydrogen-bond acceptors (Lipinski definition) is 6. The van der Waals surface area contributed by atoms with Crippen LogP contribution in [0.3, 0.4) is 0 Å². The van der Waals surface area contributed by atoms with Crippen LogP contribution in [0.15, 0.2) is 4.42 Å². The van der Waals surface area contributed by atoms with Crippen molar-refractivity contribution in [3.05, 3.63) is 11.8 Å². The molecule has 19 heavy (non-hydrogen) atoms. The summed E-state index contributed by atoms with van der Waals surface area (Å²) in [7, 11) is 3.40. The van der Waals surface area contributed by atoms with Gasteiger partial charge in [-0.3, -0.25) is 9.69 Å². The number of rotatable bonds is 3. The normalized spacial score (nSPS) is 24.7. The summed E-state index contributed by atoms with van der Waals surface area (Å²) in [6.07, 6.45) is 1.62. The molecule has 0 aromatic carbocycles. The Balaban J connectivity index is 2.04. The second-order valence-electron chi connectivity index (χ2n) is 5.39. The zero-order valence-corrected chi connectivity index (χ0v) is 11.9. The molecule has 1 aliphatic heterocycles. The molecule has 106 valence electrons. The van der Waals surface area contributed by atoms with E-state index >= 15 is 0 Å². The molecule has 2 heterocycles. The Hall–Kier alpha value is -1.43. The third kappa shape index (κ3) is 2.94. The number of carbonyl (C=O) groups is 1. The molecule has 0 bridgehead atoms. The summed E-state index contributed by atoms with van der Waals surface area (Å²) in [5.41, 5.74) is 0. The smallest absolute Gasteiger partial charge is 0.309 e. The van der Waals surface area contributed by atoms with Gasteiger partial charge < -0.3 is 9.15 Å². The van der Waals surface area contributed by atoms with E-state index in [0.717, 1.165) is 12.8 Å². The summed E-state index contributed by atoms with van der Waals surface area (Å²) >= 11 is 0. The number of ether oxygens (including phenoxy) is 1. The van der Waals surface area contributed by atoms with Crippen molar-refractivity contribution in [2.24, 2.45) is 5.92 Å². The fraction of sp³-hybridized carbons (Fsp3) is 0.769. The minimum Gasteiger partial charge on any atom is -0.469 e. The van der Waals surface area contributed by atoms with Crippen LogP contribution in [-0.2, 0) is 9.53 Å². The maximum atomic E-state index is 11.5. The zero-order chi connectivity index (χ0) is 14.0. The topological polar surface area (TPSA) is 68.5 Å². The van der Waals surface area contributed by atoms with Gasteiger partial charge in [0.2, 0.25) is 11.8 Å². The second kappa shape index (κ2) is 5.69. The van der Waals surface area contributed by atoms with Crippen molar-refractivity contribution >= 4 is 5.97 Å². The van der Waals surface area contributed by atoms with Crippen LogP contribution in [0.5, 0.6) is 0 Å². The molecular weight excluding hydrogens is 246 g/mol. The summed E-state index contributed by atoms with van der Waals surface area (Å²) in [5.74, 6) is 1.35. The van der Waals surface area contributed by atoms with E-state index in [1.54, 1.807) is 0 Å². The Morgan fingerprint density at radius 3 is 2.68 bits per heavy atom. The maximum absolute atomic E-state index is 11.5. The van der Waals surface area contributed by atoms with E-state index in [-0.39, 0.29) is 23.8 Å². The molecule has 0 radical (unpaired) electrons. The molecule has 0 N–H and O–H groups in total. The van der Waals surface area contributed by atoms with E-state index in [0.29, 0.717) is 18.3 Å². The summed E-state index contributed by atoms with van der Waals surface area (Å²) < 4.78 is 10.5. The number of methoxy groups -OCH3 is 1. The van der Waals surface area contributed by atoms with Gasteiger partial charge in [0.05, 0.1) is 19.1 Å². The Morgan fingerprint density at radius 2 is 2.16 bits per heavy atom. The van der Waals surface area contributed by atoms with Crippen LogP contribution in [0.2, 0.25) is 0 Å². The van der Waals surface area contributed by atoms with Gasteiger partial charge in [-0.1, -0.05) is 13.8 Å². The van der Waals surface area contributed by atoms with Crippen molar-refractivity contribution in [1.82, 2.24) is 15.1 Å². The molecule has 0 aliphatic carbocycles. The molecule has 6 nitrogen and oxygen atoms in total. The lowest BCUT2D eigenvalue weighted by Crippen LogP contribution is -2.39. The highest BCUT2D eigenvalue weighted by atomic mass is 16.5. The van der Waals surface area contributed by atoms with Crippen LogP contribution in [0.4, 0.5) is 0 Å². The summed E-state index contributed by atoms with van der Waals surface area (Å²) in [6, 6.07) is 0.0981. The fourth-order valence-electron chi connectivity index (χ4n) is 2.43. The number of nitrogens with zero attached hydrogens (tertiary/aromatic N) is 3. The van der Waals surface area contributed by atoms with Crippen LogP contribution in [0.1, 0.15) is 50.4 Å². The van der Waals surface area contributed by atoms with Crippen LogP contribution in [0.25, 0.3) is 0 Å². The number of likely N-dealkylation sites (tertiary alicyclic amines) is 1. The lowest BCUT2D eigenvalue weighted by molar-refractivity contribution is -0.147. The lowest BCUT2D eigenvalue weighted by Gasteiger charge is -2.33. The summed E-state index contributed by atoms with van der Waals surface area (Å²) in [5, 5.41) is 8.19. The van der Waals surface area contributed by atoms with Gasteiger partial charge in [-0.2, -0.15) is 0 Å². The van der Waals surface area contributed by atoms with Crippen LogP contribution < -0.4 is 0 Å². The predicted octanol–water partition coefficient (Wildman–Crippen LogP) is 1.75. The van der Waals surface area contributed by atoms with Gasteiger partial charge in [0, 0.05) is 12.5 Å². The molecule has 1 aromatic heterocycles. The zero-order valence-electron chi connectivity index (χ0n) is 11.9. The van der Waals surface area contributed by atoms with E-state index < -0.39 is 0 Å². The van der Waals surface area contributed by atoms with Crippen molar-refractivity contribution in [2.45, 2.75) is 38.6 Å². The quantitative estimate of drug-likeness (QED) is 0.777. The van der Waals surface area contributed by atoms with E-state index in [9.17, 15) is 4.79 Å². The molecule has 1 aromatic rings. The Morgan fingerprint density at radius 1 is 1.42 bits per heavy atom. The maximum Gasteiger partial charge on any atom is 0.309 e. The Bertz CT molecular complexity index is 444. The third-order valence-corrected chi connectivity index (χ3v) is 3.60. The second-order valence-corrected chi connectivity index (χ2v) is 5.39. The van der Waals surface area contributed by atoms with E-state index in [2.05, 4.69) is 15.1 Å². The first-order chi connectivity index (χ1) is 9.02. The average Bonchev–Trinajstić information content (AvgIpc) is 2.87. The fourth-order valence-corrected chi connectivity index (χ4v) is 2.43. The molecule has 0 unspecified atom stereocenters. The Labute approximate surface area is 113 Å². The van der Waals surface area contributed by atoms with Gasteiger partial charge in [0.1, 0.15) is 0 Å². The lowest BCUT2D eigenvalue weighted by atomic mass is 9.93. The number of carbonyl (C=O) groups excluding carboxylic acids is 1. The first kappa shape index (κ1) is 14.0. The van der Waals surface area contributed by atoms with E-state index in [1.165, 1.54) is 7.11 Å². The SMILES string of the molecule is COC(=O)[C@H]1CC[C@H](c2nnc(C(C)C)o2)N(C)C1. The van der Waals surface area contributed by atoms with E-state index in [4.69, 9.17) is 9.15 Å². The average molecular weight is 267 g/mol. The molecule has 1 fully saturated rings. The third-order valence-electron chi connectivity index (χ3n) is 3.60. The molecule has 0 saturated carbocycles. The Kier molecular flexibility index (Phi) is 4.19. The van der Waals surface area contributed by atoms with Crippen molar-refractivity contribution in [2.75, 3.05) is 20.7 Å². The molecule has 0 spiro atoms. The van der Waals surface area contributed by atoms with Crippen LogP contribution in [-0.4, -0.2) is 41.8 Å². The minimum atomic E-state index is -0.140. The number of piperidine rings is 1. The first-order valence-electron chi connectivity index (χ1n) is 6.64. The minimum absolute atomic E-state index is 0.0567.